The number of nitriles is 1. The van der Waals surface area contributed by atoms with Gasteiger partial charge in [-0.25, -0.2) is 0 Å². The number of hydrogen-bond acceptors (Lipinski definition) is 4. The van der Waals surface area contributed by atoms with Gasteiger partial charge in [-0.15, -0.1) is 0 Å². The molecule has 1 N–H and O–H groups in total. The van der Waals surface area contributed by atoms with Crippen molar-refractivity contribution in [2.24, 2.45) is 0 Å². The number of hydrogen-bond donors (Lipinski definition) is 1. The molecule has 3 unspecified atom stereocenters. The van der Waals surface area contributed by atoms with Gasteiger partial charge in [-0.2, -0.15) is 5.26 Å². The van der Waals surface area contributed by atoms with Crippen LogP contribution in [-0.2, 0) is 4.74 Å². The number of nitrogens with zero attached hydrogens (tertiary/aromatic N) is 2. The number of nitrogens with one attached hydrogen (secondary N) is 1. The summed E-state index contributed by atoms with van der Waals surface area (Å²) in [5.74, 6) is 0. The van der Waals surface area contributed by atoms with E-state index in [4.69, 9.17) is 10.00 Å². The molecule has 0 saturated carbocycles. The molecule has 0 aliphatic carbocycles. The van der Waals surface area contributed by atoms with Gasteiger partial charge in [-0.1, -0.05) is 0 Å². The third-order valence-corrected chi connectivity index (χ3v) is 3.69. The van der Waals surface area contributed by atoms with Gasteiger partial charge in [0.15, 0.2) is 0 Å². The molecule has 0 aromatic carbocycles. The fourth-order valence-corrected chi connectivity index (χ4v) is 2.52. The Morgan fingerprint density at radius 1 is 1.33 bits per heavy atom. The molecular formula is C14H27N3O. The predicted molar refractivity (Wildman–Crippen MR) is 73.4 cm³/mol. The second-order valence-corrected chi connectivity index (χ2v) is 5.67. The molecule has 1 heterocycles. The smallest absolute Gasteiger partial charge is 0.103 e. The van der Waals surface area contributed by atoms with E-state index in [1.165, 1.54) is 0 Å². The fraction of sp³-hybridized carbons (Fsp3) is 0.929. The van der Waals surface area contributed by atoms with Crippen molar-refractivity contribution in [1.29, 1.82) is 5.26 Å². The second-order valence-electron chi connectivity index (χ2n) is 5.67. The molecular weight excluding hydrogens is 226 g/mol. The van der Waals surface area contributed by atoms with Crippen molar-refractivity contribution in [2.75, 3.05) is 26.7 Å². The van der Waals surface area contributed by atoms with Crippen LogP contribution in [0.15, 0.2) is 0 Å². The zero-order valence-corrected chi connectivity index (χ0v) is 12.2. The number of unbranched alkanes of at least 4 members (excludes halogenated alkanes) is 1. The van der Waals surface area contributed by atoms with Crippen LogP contribution >= 0.6 is 0 Å². The van der Waals surface area contributed by atoms with Crippen LogP contribution in [0.1, 0.15) is 40.0 Å². The zero-order chi connectivity index (χ0) is 13.6. The molecule has 18 heavy (non-hydrogen) atoms. The average Bonchev–Trinajstić information content (AvgIpc) is 2.33. The van der Waals surface area contributed by atoms with Crippen molar-refractivity contribution < 1.29 is 4.74 Å². The summed E-state index contributed by atoms with van der Waals surface area (Å²) in [6, 6.07) is 2.34. The molecule has 1 aliphatic heterocycles. The first-order valence-corrected chi connectivity index (χ1v) is 6.97. The van der Waals surface area contributed by atoms with Crippen LogP contribution in [0, 0.1) is 11.3 Å². The highest BCUT2D eigenvalue weighted by molar-refractivity contribution is 5.02. The van der Waals surface area contributed by atoms with Gasteiger partial charge >= 0.3 is 0 Å². The van der Waals surface area contributed by atoms with Crippen molar-refractivity contribution in [2.45, 2.75) is 57.8 Å². The van der Waals surface area contributed by atoms with Gasteiger partial charge < -0.3 is 10.1 Å². The summed E-state index contributed by atoms with van der Waals surface area (Å²) in [4.78, 5) is 2.47. The van der Waals surface area contributed by atoms with E-state index in [2.05, 4.69) is 30.1 Å². The Labute approximate surface area is 111 Å². The maximum absolute atomic E-state index is 9.06. The Hall–Kier alpha value is -0.630. The fourth-order valence-electron chi connectivity index (χ4n) is 2.52. The summed E-state index contributed by atoms with van der Waals surface area (Å²) in [6.07, 6.45) is 3.84. The second kappa shape index (κ2) is 7.08. The minimum atomic E-state index is -0.369. The van der Waals surface area contributed by atoms with Crippen LogP contribution in [0.2, 0.25) is 0 Å². The number of ether oxygens (including phenoxy) is 1. The van der Waals surface area contributed by atoms with Crippen molar-refractivity contribution in [1.82, 2.24) is 10.2 Å². The van der Waals surface area contributed by atoms with E-state index in [-0.39, 0.29) is 5.54 Å². The standard InChI is InChI=1S/C14H27N3O/c1-12-9-17(10-13(2)18-12)8-6-5-7-14(3,11-15)16-4/h12-13,16H,5-10H2,1-4H3. The molecule has 0 spiro atoms. The molecule has 1 fully saturated rings. The Morgan fingerprint density at radius 3 is 2.44 bits per heavy atom. The van der Waals surface area contributed by atoms with Gasteiger partial charge in [0.05, 0.1) is 18.3 Å². The van der Waals surface area contributed by atoms with Crippen molar-refractivity contribution in [3.63, 3.8) is 0 Å². The summed E-state index contributed by atoms with van der Waals surface area (Å²) in [6.45, 7) is 9.42. The first-order chi connectivity index (χ1) is 8.49. The Morgan fingerprint density at radius 2 is 1.94 bits per heavy atom. The van der Waals surface area contributed by atoms with Crippen LogP contribution in [0.4, 0.5) is 0 Å². The lowest BCUT2D eigenvalue weighted by Crippen LogP contribution is -2.45. The molecule has 0 aromatic heterocycles. The predicted octanol–water partition coefficient (Wildman–Crippen LogP) is 1.77. The van der Waals surface area contributed by atoms with Gasteiger partial charge in [0, 0.05) is 13.1 Å². The van der Waals surface area contributed by atoms with Crippen molar-refractivity contribution >= 4 is 0 Å². The van der Waals surface area contributed by atoms with E-state index >= 15 is 0 Å². The summed E-state index contributed by atoms with van der Waals surface area (Å²) in [5.41, 5.74) is -0.369. The van der Waals surface area contributed by atoms with Crippen LogP contribution in [-0.4, -0.2) is 49.3 Å². The van der Waals surface area contributed by atoms with E-state index < -0.39 is 0 Å². The lowest BCUT2D eigenvalue weighted by atomic mass is 9.97. The Bertz CT molecular complexity index is 279. The molecule has 1 saturated heterocycles. The van der Waals surface area contributed by atoms with E-state index in [9.17, 15) is 0 Å². The molecule has 3 atom stereocenters. The SMILES string of the molecule is CNC(C)(C#N)CCCCN1CC(C)OC(C)C1. The Balaban J connectivity index is 2.20. The molecule has 0 bridgehead atoms. The molecule has 104 valence electrons. The number of rotatable bonds is 6. The van der Waals surface area contributed by atoms with Gasteiger partial charge in [-0.3, -0.25) is 4.90 Å². The van der Waals surface area contributed by atoms with E-state index in [1.54, 1.807) is 0 Å². The molecule has 0 amide bonds. The Kier molecular flexibility index (Phi) is 6.07. The number of morpholine rings is 1. The summed E-state index contributed by atoms with van der Waals surface area (Å²) in [7, 11) is 1.86. The lowest BCUT2D eigenvalue weighted by molar-refractivity contribution is -0.0682. The van der Waals surface area contributed by atoms with Gasteiger partial charge in [-0.05, 0) is 53.6 Å². The molecule has 0 radical (unpaired) electrons. The van der Waals surface area contributed by atoms with Crippen molar-refractivity contribution in [3.05, 3.63) is 0 Å². The average molecular weight is 253 g/mol. The zero-order valence-electron chi connectivity index (χ0n) is 12.2. The molecule has 0 aromatic rings. The van der Waals surface area contributed by atoms with Crippen LogP contribution < -0.4 is 5.32 Å². The first-order valence-electron chi connectivity index (χ1n) is 6.97. The summed E-state index contributed by atoms with van der Waals surface area (Å²) in [5, 5.41) is 12.1. The third-order valence-electron chi connectivity index (χ3n) is 3.69. The van der Waals surface area contributed by atoms with E-state index in [0.29, 0.717) is 12.2 Å². The van der Waals surface area contributed by atoms with Gasteiger partial charge in [0.2, 0.25) is 0 Å². The monoisotopic (exact) mass is 253 g/mol. The summed E-state index contributed by atoms with van der Waals surface area (Å²) >= 11 is 0. The maximum atomic E-state index is 9.06. The maximum Gasteiger partial charge on any atom is 0.103 e. The first kappa shape index (κ1) is 15.4. The molecule has 1 aliphatic rings. The third kappa shape index (κ3) is 4.93. The highest BCUT2D eigenvalue weighted by Crippen LogP contribution is 2.15. The highest BCUT2D eigenvalue weighted by atomic mass is 16.5. The van der Waals surface area contributed by atoms with Crippen LogP contribution in [0.5, 0.6) is 0 Å². The van der Waals surface area contributed by atoms with E-state index in [1.807, 2.05) is 14.0 Å². The minimum Gasteiger partial charge on any atom is -0.373 e. The topological polar surface area (TPSA) is 48.3 Å². The largest absolute Gasteiger partial charge is 0.373 e. The quantitative estimate of drug-likeness (QED) is 0.733. The van der Waals surface area contributed by atoms with Gasteiger partial charge in [0.1, 0.15) is 5.54 Å². The van der Waals surface area contributed by atoms with Crippen LogP contribution in [0.3, 0.4) is 0 Å². The normalized spacial score (nSPS) is 28.6. The van der Waals surface area contributed by atoms with Gasteiger partial charge in [0.25, 0.3) is 0 Å². The van der Waals surface area contributed by atoms with E-state index in [0.717, 1.165) is 38.9 Å². The van der Waals surface area contributed by atoms with Crippen LogP contribution in [0.25, 0.3) is 0 Å². The molecule has 4 heteroatoms. The summed E-state index contributed by atoms with van der Waals surface area (Å²) < 4.78 is 5.72. The van der Waals surface area contributed by atoms with Crippen molar-refractivity contribution in [3.8, 4) is 6.07 Å². The molecule has 4 nitrogen and oxygen atoms in total. The molecule has 1 rings (SSSR count). The highest BCUT2D eigenvalue weighted by Gasteiger charge is 2.23. The lowest BCUT2D eigenvalue weighted by Gasteiger charge is -2.35. The minimum absolute atomic E-state index is 0.343.